The topological polar surface area (TPSA) is 67.3 Å². The Morgan fingerprint density at radius 1 is 1.14 bits per heavy atom. The highest BCUT2D eigenvalue weighted by atomic mass is 16.5. The Bertz CT molecular complexity index is 788. The van der Waals surface area contributed by atoms with Crippen LogP contribution in [-0.2, 0) is 10.2 Å². The van der Waals surface area contributed by atoms with E-state index in [0.717, 1.165) is 68.9 Å². The molecule has 28 heavy (non-hydrogen) atoms. The first-order valence-corrected chi connectivity index (χ1v) is 10.2. The van der Waals surface area contributed by atoms with Gasteiger partial charge in [0.1, 0.15) is 5.75 Å². The SMILES string of the molecule is COc1ccc(C2(C(=O)N[C@@H]3CCCN(c4ncccn4)C3)CCCC2)cc1. The summed E-state index contributed by atoms with van der Waals surface area (Å²) in [6.45, 7) is 1.69. The summed E-state index contributed by atoms with van der Waals surface area (Å²) in [5.41, 5.74) is 0.681. The van der Waals surface area contributed by atoms with Crippen molar-refractivity contribution in [2.24, 2.45) is 0 Å². The molecule has 1 N–H and O–H groups in total. The fourth-order valence-corrected chi connectivity index (χ4v) is 4.59. The number of methoxy groups -OCH3 is 1. The minimum atomic E-state index is -0.419. The van der Waals surface area contributed by atoms with E-state index in [-0.39, 0.29) is 11.9 Å². The summed E-state index contributed by atoms with van der Waals surface area (Å²) in [4.78, 5) is 24.3. The molecule has 1 aromatic carbocycles. The van der Waals surface area contributed by atoms with Crippen LogP contribution in [0.4, 0.5) is 5.95 Å². The Hall–Kier alpha value is -2.63. The van der Waals surface area contributed by atoms with Crippen molar-refractivity contribution in [1.82, 2.24) is 15.3 Å². The smallest absolute Gasteiger partial charge is 0.230 e. The molecule has 0 unspecified atom stereocenters. The zero-order valence-corrected chi connectivity index (χ0v) is 16.4. The Morgan fingerprint density at radius 2 is 1.86 bits per heavy atom. The van der Waals surface area contributed by atoms with E-state index in [4.69, 9.17) is 4.74 Å². The zero-order valence-electron chi connectivity index (χ0n) is 16.4. The number of ether oxygens (including phenoxy) is 1. The highest BCUT2D eigenvalue weighted by Gasteiger charge is 2.43. The fraction of sp³-hybridized carbons (Fsp3) is 0.500. The van der Waals surface area contributed by atoms with E-state index in [1.807, 2.05) is 18.2 Å². The number of amides is 1. The molecule has 1 amide bonds. The Morgan fingerprint density at radius 3 is 2.54 bits per heavy atom. The van der Waals surface area contributed by atoms with Crippen LogP contribution < -0.4 is 15.0 Å². The molecule has 2 fully saturated rings. The number of carbonyl (C=O) groups is 1. The lowest BCUT2D eigenvalue weighted by Gasteiger charge is -2.36. The Labute approximate surface area is 166 Å². The predicted molar refractivity (Wildman–Crippen MR) is 109 cm³/mol. The number of nitrogens with zero attached hydrogens (tertiary/aromatic N) is 3. The number of piperidine rings is 1. The fourth-order valence-electron chi connectivity index (χ4n) is 4.59. The second-order valence-electron chi connectivity index (χ2n) is 7.83. The van der Waals surface area contributed by atoms with E-state index in [1.165, 1.54) is 0 Å². The molecule has 1 saturated heterocycles. The van der Waals surface area contributed by atoms with Gasteiger partial charge < -0.3 is 15.0 Å². The predicted octanol–water partition coefficient (Wildman–Crippen LogP) is 3.08. The third kappa shape index (κ3) is 3.68. The quantitative estimate of drug-likeness (QED) is 0.863. The van der Waals surface area contributed by atoms with Gasteiger partial charge in [0.2, 0.25) is 11.9 Å². The van der Waals surface area contributed by atoms with Gasteiger partial charge in [-0.1, -0.05) is 25.0 Å². The van der Waals surface area contributed by atoms with Crippen molar-refractivity contribution in [2.45, 2.75) is 50.0 Å². The first kappa shape index (κ1) is 18.7. The number of benzene rings is 1. The molecule has 1 aromatic heterocycles. The number of hydrogen-bond donors (Lipinski definition) is 1. The van der Waals surface area contributed by atoms with Crippen LogP contribution in [0.1, 0.15) is 44.1 Å². The van der Waals surface area contributed by atoms with Gasteiger partial charge in [0.25, 0.3) is 0 Å². The minimum absolute atomic E-state index is 0.126. The van der Waals surface area contributed by atoms with Gasteiger partial charge in [-0.3, -0.25) is 4.79 Å². The Balaban J connectivity index is 1.48. The number of hydrogen-bond acceptors (Lipinski definition) is 5. The van der Waals surface area contributed by atoms with Gasteiger partial charge in [-0.25, -0.2) is 9.97 Å². The van der Waals surface area contributed by atoms with Crippen molar-refractivity contribution >= 4 is 11.9 Å². The molecule has 1 atom stereocenters. The normalized spacial score (nSPS) is 21.3. The summed E-state index contributed by atoms with van der Waals surface area (Å²) in [5.74, 6) is 1.73. The first-order valence-electron chi connectivity index (χ1n) is 10.2. The van der Waals surface area contributed by atoms with Gasteiger partial charge in [0.15, 0.2) is 0 Å². The Kier molecular flexibility index (Phi) is 5.46. The van der Waals surface area contributed by atoms with E-state index in [2.05, 4.69) is 32.3 Å². The molecule has 6 heteroatoms. The largest absolute Gasteiger partial charge is 0.497 e. The van der Waals surface area contributed by atoms with Crippen LogP contribution in [0, 0.1) is 0 Å². The van der Waals surface area contributed by atoms with Crippen LogP contribution in [0.25, 0.3) is 0 Å². The lowest BCUT2D eigenvalue weighted by Crippen LogP contribution is -2.53. The molecule has 2 aliphatic rings. The zero-order chi connectivity index (χ0) is 19.4. The van der Waals surface area contributed by atoms with Gasteiger partial charge in [-0.2, -0.15) is 0 Å². The number of nitrogens with one attached hydrogen (secondary N) is 1. The highest BCUT2D eigenvalue weighted by Crippen LogP contribution is 2.42. The van der Waals surface area contributed by atoms with Crippen LogP contribution in [0.5, 0.6) is 5.75 Å². The minimum Gasteiger partial charge on any atom is -0.497 e. The summed E-state index contributed by atoms with van der Waals surface area (Å²) in [6.07, 6.45) is 9.55. The monoisotopic (exact) mass is 380 g/mol. The molecule has 1 aliphatic heterocycles. The van der Waals surface area contributed by atoms with E-state index in [9.17, 15) is 4.79 Å². The van der Waals surface area contributed by atoms with Gasteiger partial charge in [0, 0.05) is 31.5 Å². The molecular weight excluding hydrogens is 352 g/mol. The maximum atomic E-state index is 13.4. The molecular formula is C22H28N4O2. The van der Waals surface area contributed by atoms with Crippen molar-refractivity contribution in [1.29, 1.82) is 0 Å². The first-order chi connectivity index (χ1) is 13.7. The molecule has 2 heterocycles. The van der Waals surface area contributed by atoms with Crippen molar-refractivity contribution in [3.63, 3.8) is 0 Å². The summed E-state index contributed by atoms with van der Waals surface area (Å²) in [5, 5.41) is 3.36. The second kappa shape index (κ2) is 8.17. The maximum Gasteiger partial charge on any atom is 0.230 e. The van der Waals surface area contributed by atoms with Crippen molar-refractivity contribution in [2.75, 3.05) is 25.1 Å². The molecule has 0 radical (unpaired) electrons. The highest BCUT2D eigenvalue weighted by molar-refractivity contribution is 5.89. The van der Waals surface area contributed by atoms with Gasteiger partial charge in [0.05, 0.1) is 12.5 Å². The van der Waals surface area contributed by atoms with Crippen LogP contribution >= 0.6 is 0 Å². The van der Waals surface area contributed by atoms with E-state index < -0.39 is 5.41 Å². The molecule has 6 nitrogen and oxygen atoms in total. The lowest BCUT2D eigenvalue weighted by atomic mass is 9.77. The molecule has 2 aromatic rings. The molecule has 4 rings (SSSR count). The lowest BCUT2D eigenvalue weighted by molar-refractivity contribution is -0.127. The van der Waals surface area contributed by atoms with Crippen molar-refractivity contribution < 1.29 is 9.53 Å². The van der Waals surface area contributed by atoms with Crippen LogP contribution in [0.2, 0.25) is 0 Å². The van der Waals surface area contributed by atoms with Gasteiger partial charge in [-0.05, 0) is 49.4 Å². The van der Waals surface area contributed by atoms with E-state index in [1.54, 1.807) is 19.5 Å². The third-order valence-electron chi connectivity index (χ3n) is 6.13. The van der Waals surface area contributed by atoms with Crippen molar-refractivity contribution in [3.8, 4) is 5.75 Å². The van der Waals surface area contributed by atoms with Crippen LogP contribution in [-0.4, -0.2) is 42.1 Å². The summed E-state index contributed by atoms with van der Waals surface area (Å²) in [7, 11) is 1.67. The molecule has 1 saturated carbocycles. The number of anilines is 1. The number of carbonyl (C=O) groups excluding carboxylic acids is 1. The molecule has 148 valence electrons. The van der Waals surface area contributed by atoms with Crippen molar-refractivity contribution in [3.05, 3.63) is 48.3 Å². The summed E-state index contributed by atoms with van der Waals surface area (Å²) in [6, 6.07) is 9.96. The van der Waals surface area contributed by atoms with Crippen LogP contribution in [0.15, 0.2) is 42.7 Å². The number of aromatic nitrogens is 2. The molecule has 0 bridgehead atoms. The maximum absolute atomic E-state index is 13.4. The van der Waals surface area contributed by atoms with E-state index >= 15 is 0 Å². The third-order valence-corrected chi connectivity index (χ3v) is 6.13. The summed E-state index contributed by atoms with van der Waals surface area (Å²) < 4.78 is 5.28. The summed E-state index contributed by atoms with van der Waals surface area (Å²) >= 11 is 0. The van der Waals surface area contributed by atoms with Crippen LogP contribution in [0.3, 0.4) is 0 Å². The average molecular weight is 380 g/mol. The van der Waals surface area contributed by atoms with Gasteiger partial charge >= 0.3 is 0 Å². The molecule has 1 aliphatic carbocycles. The standard InChI is InChI=1S/C22H28N4O2/c1-28-19-9-7-17(8-10-19)22(11-2-3-12-22)20(27)25-18-6-4-15-26(16-18)21-23-13-5-14-24-21/h5,7-10,13-14,18H,2-4,6,11-12,15-16H2,1H3,(H,25,27)/t18-/m1/s1. The van der Waals surface area contributed by atoms with Gasteiger partial charge in [-0.15, -0.1) is 0 Å². The van der Waals surface area contributed by atoms with E-state index in [0.29, 0.717) is 0 Å². The number of rotatable bonds is 5. The average Bonchev–Trinajstić information content (AvgIpc) is 3.26. The molecule has 0 spiro atoms. The second-order valence-corrected chi connectivity index (χ2v) is 7.83.